The maximum atomic E-state index is 13.0. The third-order valence-electron chi connectivity index (χ3n) is 4.69. The second-order valence-corrected chi connectivity index (χ2v) is 9.41. The zero-order valence-electron chi connectivity index (χ0n) is 14.9. The summed E-state index contributed by atoms with van der Waals surface area (Å²) in [6, 6.07) is 8.65. The minimum absolute atomic E-state index is 0.0518. The molecule has 1 aromatic heterocycles. The van der Waals surface area contributed by atoms with Gasteiger partial charge in [-0.2, -0.15) is 0 Å². The molecule has 0 radical (unpaired) electrons. The van der Waals surface area contributed by atoms with Crippen LogP contribution in [0.1, 0.15) is 30.6 Å². The van der Waals surface area contributed by atoms with E-state index < -0.39 is 15.8 Å². The minimum atomic E-state index is -3.67. The van der Waals surface area contributed by atoms with E-state index in [0.717, 1.165) is 25.0 Å². The molecule has 0 aliphatic carbocycles. The van der Waals surface area contributed by atoms with Gasteiger partial charge >= 0.3 is 0 Å². The highest BCUT2D eigenvalue weighted by Crippen LogP contribution is 2.17. The maximum Gasteiger partial charge on any atom is 0.240 e. The molecule has 0 unspecified atom stereocenters. The standard InChI is InChI=1S/C19H23FN2O3S2/c20-15-6-8-18(9-7-15)27(24,25)21-16-10-12-22(13-11-16)19(23)5-1-3-17-4-2-14-26-17/h2,4,6-9,14,16,21H,1,3,5,10-13H2. The SMILES string of the molecule is O=C(CCCc1cccs1)N1CCC(NS(=O)(=O)c2ccc(F)cc2)CC1. The van der Waals surface area contributed by atoms with E-state index in [4.69, 9.17) is 0 Å². The number of hydrogen-bond donors (Lipinski definition) is 1. The number of aryl methyl sites for hydroxylation is 1. The lowest BCUT2D eigenvalue weighted by atomic mass is 10.1. The molecule has 0 bridgehead atoms. The number of benzene rings is 1. The Morgan fingerprint density at radius 2 is 1.89 bits per heavy atom. The first-order valence-corrected chi connectivity index (χ1v) is 11.4. The summed E-state index contributed by atoms with van der Waals surface area (Å²) in [5, 5.41) is 2.04. The molecule has 1 N–H and O–H groups in total. The second kappa shape index (κ2) is 8.95. The fraction of sp³-hybridized carbons (Fsp3) is 0.421. The quantitative estimate of drug-likeness (QED) is 0.762. The molecule has 1 saturated heterocycles. The lowest BCUT2D eigenvalue weighted by Gasteiger charge is -2.32. The fourth-order valence-electron chi connectivity index (χ4n) is 3.17. The van der Waals surface area contributed by atoms with Crippen LogP contribution in [-0.4, -0.2) is 38.4 Å². The lowest BCUT2D eigenvalue weighted by molar-refractivity contribution is -0.132. The molecule has 1 aliphatic heterocycles. The Kier molecular flexibility index (Phi) is 6.62. The van der Waals surface area contributed by atoms with Crippen molar-refractivity contribution in [1.82, 2.24) is 9.62 Å². The van der Waals surface area contributed by atoms with Gasteiger partial charge in [-0.15, -0.1) is 11.3 Å². The number of nitrogens with zero attached hydrogens (tertiary/aromatic N) is 1. The summed E-state index contributed by atoms with van der Waals surface area (Å²) in [7, 11) is -3.67. The van der Waals surface area contributed by atoms with Crippen molar-refractivity contribution in [2.24, 2.45) is 0 Å². The number of likely N-dealkylation sites (tertiary alicyclic amines) is 1. The van der Waals surface area contributed by atoms with Crippen molar-refractivity contribution in [1.29, 1.82) is 0 Å². The van der Waals surface area contributed by atoms with E-state index in [9.17, 15) is 17.6 Å². The van der Waals surface area contributed by atoms with Crippen LogP contribution in [0.3, 0.4) is 0 Å². The van der Waals surface area contributed by atoms with Crippen molar-refractivity contribution >= 4 is 27.3 Å². The number of halogens is 1. The van der Waals surface area contributed by atoms with Gasteiger partial charge in [0.1, 0.15) is 5.82 Å². The molecule has 146 valence electrons. The number of thiophene rings is 1. The zero-order valence-corrected chi connectivity index (χ0v) is 16.6. The van der Waals surface area contributed by atoms with Crippen molar-refractivity contribution < 1.29 is 17.6 Å². The van der Waals surface area contributed by atoms with Gasteiger partial charge in [-0.3, -0.25) is 4.79 Å². The van der Waals surface area contributed by atoms with E-state index in [1.165, 1.54) is 17.0 Å². The summed E-state index contributed by atoms with van der Waals surface area (Å²) < 4.78 is 40.4. The molecule has 27 heavy (non-hydrogen) atoms. The van der Waals surface area contributed by atoms with Crippen LogP contribution in [0.4, 0.5) is 4.39 Å². The number of nitrogens with one attached hydrogen (secondary N) is 1. The molecule has 5 nitrogen and oxygen atoms in total. The minimum Gasteiger partial charge on any atom is -0.343 e. The Labute approximate surface area is 163 Å². The van der Waals surface area contributed by atoms with Crippen LogP contribution in [0, 0.1) is 5.82 Å². The smallest absolute Gasteiger partial charge is 0.240 e. The Morgan fingerprint density at radius 3 is 2.52 bits per heavy atom. The molecule has 1 aliphatic rings. The largest absolute Gasteiger partial charge is 0.343 e. The molecule has 1 fully saturated rings. The van der Waals surface area contributed by atoms with Crippen molar-refractivity contribution in [3.05, 3.63) is 52.5 Å². The number of carbonyl (C=O) groups excluding carboxylic acids is 1. The van der Waals surface area contributed by atoms with Crippen LogP contribution in [0.2, 0.25) is 0 Å². The first-order chi connectivity index (χ1) is 12.9. The van der Waals surface area contributed by atoms with Gasteiger partial charge in [-0.25, -0.2) is 17.5 Å². The van der Waals surface area contributed by atoms with Gasteiger partial charge in [0.05, 0.1) is 4.90 Å². The van der Waals surface area contributed by atoms with Gasteiger partial charge in [-0.1, -0.05) is 6.07 Å². The van der Waals surface area contributed by atoms with Crippen LogP contribution >= 0.6 is 11.3 Å². The molecule has 1 aromatic carbocycles. The average Bonchev–Trinajstić information content (AvgIpc) is 3.16. The Hall–Kier alpha value is -1.77. The summed E-state index contributed by atoms with van der Waals surface area (Å²) in [5.41, 5.74) is 0. The Morgan fingerprint density at radius 1 is 1.19 bits per heavy atom. The van der Waals surface area contributed by atoms with E-state index in [0.29, 0.717) is 32.4 Å². The highest BCUT2D eigenvalue weighted by molar-refractivity contribution is 7.89. The van der Waals surface area contributed by atoms with Crippen molar-refractivity contribution in [3.8, 4) is 0 Å². The van der Waals surface area contributed by atoms with Crippen LogP contribution in [-0.2, 0) is 21.2 Å². The van der Waals surface area contributed by atoms with Crippen molar-refractivity contribution in [2.45, 2.75) is 43.0 Å². The first-order valence-electron chi connectivity index (χ1n) is 9.02. The normalized spacial score (nSPS) is 15.8. The van der Waals surface area contributed by atoms with Gasteiger partial charge in [0, 0.05) is 30.4 Å². The number of carbonyl (C=O) groups is 1. The number of amides is 1. The Balaban J connectivity index is 1.44. The summed E-state index contributed by atoms with van der Waals surface area (Å²) in [6.45, 7) is 1.10. The molecule has 8 heteroatoms. The third-order valence-corrected chi connectivity index (χ3v) is 7.16. The first kappa shape index (κ1) is 20.0. The van der Waals surface area contributed by atoms with E-state index in [1.807, 2.05) is 16.3 Å². The Bertz CT molecular complexity index is 844. The van der Waals surface area contributed by atoms with E-state index >= 15 is 0 Å². The molecular weight excluding hydrogens is 387 g/mol. The number of rotatable bonds is 7. The topological polar surface area (TPSA) is 66.5 Å². The predicted molar refractivity (Wildman–Crippen MR) is 104 cm³/mol. The average molecular weight is 411 g/mol. The molecule has 1 amide bonds. The third kappa shape index (κ3) is 5.60. The van der Waals surface area contributed by atoms with Crippen molar-refractivity contribution in [3.63, 3.8) is 0 Å². The molecule has 0 atom stereocenters. The predicted octanol–water partition coefficient (Wildman–Crippen LogP) is 3.18. The molecule has 0 saturated carbocycles. The van der Waals surface area contributed by atoms with E-state index in [1.54, 1.807) is 11.3 Å². The number of piperidine rings is 1. The van der Waals surface area contributed by atoms with Crippen LogP contribution in [0.15, 0.2) is 46.7 Å². The van der Waals surface area contributed by atoms with Crippen LogP contribution in [0.25, 0.3) is 0 Å². The highest BCUT2D eigenvalue weighted by atomic mass is 32.2. The molecule has 0 spiro atoms. The summed E-state index contributed by atoms with van der Waals surface area (Å²) in [5.74, 6) is -0.341. The van der Waals surface area contributed by atoms with E-state index in [-0.39, 0.29) is 16.8 Å². The lowest BCUT2D eigenvalue weighted by Crippen LogP contribution is -2.46. The van der Waals surface area contributed by atoms with Gasteiger partial charge in [0.15, 0.2) is 0 Å². The van der Waals surface area contributed by atoms with Gasteiger partial charge < -0.3 is 4.90 Å². The molecular formula is C19H23FN2O3S2. The molecule has 2 aromatic rings. The molecule has 2 heterocycles. The van der Waals surface area contributed by atoms with E-state index in [2.05, 4.69) is 10.8 Å². The fourth-order valence-corrected chi connectivity index (χ4v) is 5.23. The second-order valence-electron chi connectivity index (χ2n) is 6.66. The van der Waals surface area contributed by atoms with Crippen LogP contribution < -0.4 is 4.72 Å². The van der Waals surface area contributed by atoms with Gasteiger partial charge in [0.25, 0.3) is 0 Å². The zero-order chi connectivity index (χ0) is 19.3. The van der Waals surface area contributed by atoms with Gasteiger partial charge in [-0.05, 0) is 61.4 Å². The van der Waals surface area contributed by atoms with Crippen LogP contribution in [0.5, 0.6) is 0 Å². The molecule has 3 rings (SSSR count). The van der Waals surface area contributed by atoms with Gasteiger partial charge in [0.2, 0.25) is 15.9 Å². The number of sulfonamides is 1. The monoisotopic (exact) mass is 410 g/mol. The number of hydrogen-bond acceptors (Lipinski definition) is 4. The summed E-state index contributed by atoms with van der Waals surface area (Å²) >= 11 is 1.70. The van der Waals surface area contributed by atoms with Crippen molar-refractivity contribution in [2.75, 3.05) is 13.1 Å². The maximum absolute atomic E-state index is 13.0. The summed E-state index contributed by atoms with van der Waals surface area (Å²) in [6.07, 6.45) is 3.42. The summed E-state index contributed by atoms with van der Waals surface area (Å²) in [4.78, 5) is 15.5. The highest BCUT2D eigenvalue weighted by Gasteiger charge is 2.26.